The maximum absolute atomic E-state index is 12.3. The van der Waals surface area contributed by atoms with E-state index in [0.29, 0.717) is 18.5 Å². The normalized spacial score (nSPS) is 21.1. The second-order valence-electron chi connectivity index (χ2n) is 6.81. The van der Waals surface area contributed by atoms with Crippen LogP contribution in [0, 0.1) is 18.8 Å². The lowest BCUT2D eigenvalue weighted by Crippen LogP contribution is -2.33. The molecule has 1 aromatic rings. The molecule has 1 fully saturated rings. The Morgan fingerprint density at radius 2 is 1.67 bits per heavy atom. The summed E-state index contributed by atoms with van der Waals surface area (Å²) >= 11 is 0. The average Bonchev–Trinajstić information content (AvgIpc) is 2.91. The summed E-state index contributed by atoms with van der Waals surface area (Å²) in [4.78, 5) is 49.5. The molecule has 1 heterocycles. The van der Waals surface area contributed by atoms with E-state index >= 15 is 0 Å². The van der Waals surface area contributed by atoms with Gasteiger partial charge in [0.05, 0.1) is 18.3 Å². The predicted octanol–water partition coefficient (Wildman–Crippen LogP) is 1.82. The Balaban J connectivity index is 1.42. The van der Waals surface area contributed by atoms with Gasteiger partial charge in [-0.2, -0.15) is 0 Å². The number of anilines is 1. The zero-order chi connectivity index (χ0) is 19.4. The number of rotatable bonds is 6. The van der Waals surface area contributed by atoms with E-state index in [-0.39, 0.29) is 36.6 Å². The third-order valence-corrected chi connectivity index (χ3v) is 4.84. The lowest BCUT2D eigenvalue weighted by molar-refractivity contribution is -0.148. The Hall–Kier alpha value is -2.96. The van der Waals surface area contributed by atoms with Crippen molar-refractivity contribution in [2.75, 3.05) is 18.5 Å². The molecule has 0 spiro atoms. The molecule has 2 aliphatic rings. The number of imide groups is 1. The van der Waals surface area contributed by atoms with E-state index in [2.05, 4.69) is 5.32 Å². The highest BCUT2D eigenvalue weighted by molar-refractivity contribution is 6.05. The van der Waals surface area contributed by atoms with Crippen LogP contribution in [0.15, 0.2) is 36.4 Å². The minimum atomic E-state index is -0.623. The van der Waals surface area contributed by atoms with Gasteiger partial charge in [0.1, 0.15) is 0 Å². The van der Waals surface area contributed by atoms with Crippen LogP contribution in [0.4, 0.5) is 5.69 Å². The van der Waals surface area contributed by atoms with Crippen molar-refractivity contribution >= 4 is 29.4 Å². The smallest absolute Gasteiger partial charge is 0.308 e. The summed E-state index contributed by atoms with van der Waals surface area (Å²) in [6, 6.07) is 7.24. The Morgan fingerprint density at radius 1 is 1.07 bits per heavy atom. The Bertz CT molecular complexity index is 758. The van der Waals surface area contributed by atoms with Gasteiger partial charge in [-0.3, -0.25) is 24.1 Å². The number of likely N-dealkylation sites (tertiary alicyclic amines) is 1. The summed E-state index contributed by atoms with van der Waals surface area (Å²) in [6.07, 6.45) is 4.83. The Morgan fingerprint density at radius 3 is 2.26 bits per heavy atom. The van der Waals surface area contributed by atoms with E-state index in [9.17, 15) is 19.2 Å². The van der Waals surface area contributed by atoms with Crippen LogP contribution in [0.1, 0.15) is 24.8 Å². The molecule has 2 atom stereocenters. The van der Waals surface area contributed by atoms with Gasteiger partial charge in [0.15, 0.2) is 6.61 Å². The molecular weight excluding hydrogens is 348 g/mol. The van der Waals surface area contributed by atoms with E-state index < -0.39 is 18.5 Å². The molecule has 0 unspecified atom stereocenters. The third-order valence-electron chi connectivity index (χ3n) is 4.84. The summed E-state index contributed by atoms with van der Waals surface area (Å²) in [7, 11) is 0. The number of amides is 3. The van der Waals surface area contributed by atoms with Crippen molar-refractivity contribution in [1.29, 1.82) is 0 Å². The maximum atomic E-state index is 12.3. The number of fused-ring (bicyclic) bond motifs is 1. The van der Waals surface area contributed by atoms with Crippen molar-refractivity contribution in [2.45, 2.75) is 26.2 Å². The van der Waals surface area contributed by atoms with Crippen LogP contribution in [0.2, 0.25) is 0 Å². The summed E-state index contributed by atoms with van der Waals surface area (Å²) in [6.45, 7) is 1.52. The zero-order valence-electron chi connectivity index (χ0n) is 15.1. The van der Waals surface area contributed by atoms with Crippen molar-refractivity contribution in [2.24, 2.45) is 11.8 Å². The van der Waals surface area contributed by atoms with Gasteiger partial charge in [-0.15, -0.1) is 0 Å². The van der Waals surface area contributed by atoms with Crippen LogP contribution in [-0.4, -0.2) is 41.7 Å². The van der Waals surface area contributed by atoms with Crippen LogP contribution in [0.5, 0.6) is 0 Å². The molecule has 142 valence electrons. The van der Waals surface area contributed by atoms with Gasteiger partial charge in [0, 0.05) is 12.2 Å². The highest BCUT2D eigenvalue weighted by atomic mass is 16.5. The summed E-state index contributed by atoms with van der Waals surface area (Å²) < 4.78 is 4.94. The largest absolute Gasteiger partial charge is 0.456 e. The minimum absolute atomic E-state index is 0.0108. The number of hydrogen-bond donors (Lipinski definition) is 1. The van der Waals surface area contributed by atoms with Crippen molar-refractivity contribution in [1.82, 2.24) is 4.90 Å². The fourth-order valence-corrected chi connectivity index (χ4v) is 3.34. The lowest BCUT2D eigenvalue weighted by Gasteiger charge is -2.14. The van der Waals surface area contributed by atoms with E-state index in [1.54, 1.807) is 12.1 Å². The van der Waals surface area contributed by atoms with Gasteiger partial charge in [-0.05, 0) is 31.9 Å². The maximum Gasteiger partial charge on any atom is 0.308 e. The molecule has 1 aliphatic carbocycles. The molecule has 7 heteroatoms. The quantitative estimate of drug-likeness (QED) is 0.468. The molecule has 1 saturated heterocycles. The number of allylic oxidation sites excluding steroid dienone is 2. The van der Waals surface area contributed by atoms with Crippen LogP contribution in [0.25, 0.3) is 0 Å². The molecule has 1 N–H and O–H groups in total. The lowest BCUT2D eigenvalue weighted by atomic mass is 9.85. The molecule has 27 heavy (non-hydrogen) atoms. The molecule has 7 nitrogen and oxygen atoms in total. The van der Waals surface area contributed by atoms with Crippen LogP contribution in [-0.2, 0) is 23.9 Å². The van der Waals surface area contributed by atoms with Gasteiger partial charge >= 0.3 is 5.97 Å². The van der Waals surface area contributed by atoms with Gasteiger partial charge in [-0.1, -0.05) is 29.8 Å². The number of nitrogens with zero attached hydrogens (tertiary/aromatic N) is 1. The first-order chi connectivity index (χ1) is 13.0. The summed E-state index contributed by atoms with van der Waals surface area (Å²) in [5.74, 6) is -2.13. The van der Waals surface area contributed by atoms with Crippen molar-refractivity contribution in [3.63, 3.8) is 0 Å². The van der Waals surface area contributed by atoms with Crippen molar-refractivity contribution in [3.05, 3.63) is 42.0 Å². The molecule has 0 saturated carbocycles. The molecule has 1 aliphatic heterocycles. The number of benzene rings is 1. The van der Waals surface area contributed by atoms with Gasteiger partial charge in [0.2, 0.25) is 11.8 Å². The molecule has 3 rings (SSSR count). The average molecular weight is 370 g/mol. The third kappa shape index (κ3) is 4.42. The highest BCUT2D eigenvalue weighted by Gasteiger charge is 2.46. The van der Waals surface area contributed by atoms with E-state index in [1.165, 1.54) is 0 Å². The number of esters is 1. The molecule has 3 amide bonds. The predicted molar refractivity (Wildman–Crippen MR) is 97.5 cm³/mol. The van der Waals surface area contributed by atoms with E-state index in [0.717, 1.165) is 10.5 Å². The van der Waals surface area contributed by atoms with Crippen LogP contribution >= 0.6 is 0 Å². The molecule has 0 radical (unpaired) electrons. The molecule has 0 aromatic heterocycles. The SMILES string of the molecule is Cc1ccc(NC(=O)COC(=O)CCN2C(=O)[C@H]3CC=CC[C@@H]3C2=O)cc1. The summed E-state index contributed by atoms with van der Waals surface area (Å²) in [5, 5.41) is 2.63. The highest BCUT2D eigenvalue weighted by Crippen LogP contribution is 2.34. The van der Waals surface area contributed by atoms with Gasteiger partial charge in [0.25, 0.3) is 5.91 Å². The topological polar surface area (TPSA) is 92.8 Å². The zero-order valence-corrected chi connectivity index (χ0v) is 15.1. The number of carbonyl (C=O) groups excluding carboxylic acids is 4. The monoisotopic (exact) mass is 370 g/mol. The van der Waals surface area contributed by atoms with Crippen LogP contribution in [0.3, 0.4) is 0 Å². The van der Waals surface area contributed by atoms with E-state index in [4.69, 9.17) is 4.74 Å². The number of carbonyl (C=O) groups is 4. The Kier molecular flexibility index (Phi) is 5.69. The fourth-order valence-electron chi connectivity index (χ4n) is 3.34. The standard InChI is InChI=1S/C20H22N2O5/c1-13-6-8-14(9-7-13)21-17(23)12-27-18(24)10-11-22-19(25)15-4-2-3-5-16(15)20(22)26/h2-3,6-9,15-16H,4-5,10-12H2,1H3,(H,21,23)/t15-,16-/m0/s1. The first-order valence-electron chi connectivity index (χ1n) is 8.98. The summed E-state index contributed by atoms with van der Waals surface area (Å²) in [5.41, 5.74) is 1.69. The second-order valence-corrected chi connectivity index (χ2v) is 6.81. The molecule has 1 aromatic carbocycles. The molecular formula is C20H22N2O5. The van der Waals surface area contributed by atoms with E-state index in [1.807, 2.05) is 31.2 Å². The number of ether oxygens (including phenoxy) is 1. The first kappa shape index (κ1) is 18.8. The first-order valence-corrected chi connectivity index (χ1v) is 8.98. The number of aryl methyl sites for hydroxylation is 1. The number of nitrogens with one attached hydrogen (secondary N) is 1. The van der Waals surface area contributed by atoms with Crippen molar-refractivity contribution in [3.8, 4) is 0 Å². The Labute approximate surface area is 157 Å². The molecule has 0 bridgehead atoms. The van der Waals surface area contributed by atoms with Gasteiger partial charge < -0.3 is 10.1 Å². The number of hydrogen-bond acceptors (Lipinski definition) is 5. The van der Waals surface area contributed by atoms with Crippen molar-refractivity contribution < 1.29 is 23.9 Å². The fraction of sp³-hybridized carbons (Fsp3) is 0.400. The van der Waals surface area contributed by atoms with Crippen LogP contribution < -0.4 is 5.32 Å². The second kappa shape index (κ2) is 8.16. The minimum Gasteiger partial charge on any atom is -0.456 e. The van der Waals surface area contributed by atoms with Gasteiger partial charge in [-0.25, -0.2) is 0 Å².